The molecule has 14 heteroatoms. The van der Waals surface area contributed by atoms with E-state index in [4.69, 9.17) is 23.9 Å². The molecule has 0 heterocycles. The number of carbonyl (C=O) groups is 3. The van der Waals surface area contributed by atoms with Crippen molar-refractivity contribution in [2.45, 2.75) is 64.9 Å². The molecule has 0 aliphatic heterocycles. The molecule has 3 aromatic rings. The first-order chi connectivity index (χ1) is 21.4. The first kappa shape index (κ1) is 35.4. The fourth-order valence-electron chi connectivity index (χ4n) is 3.88. The molecule has 0 aliphatic carbocycles. The van der Waals surface area contributed by atoms with E-state index in [-0.39, 0.29) is 23.6 Å². The molecule has 3 aromatic carbocycles. The van der Waals surface area contributed by atoms with Crippen molar-refractivity contribution in [2.75, 3.05) is 4.90 Å². The van der Waals surface area contributed by atoms with Crippen LogP contribution in [0.15, 0.2) is 84.9 Å². The van der Waals surface area contributed by atoms with Crippen LogP contribution >= 0.6 is 7.60 Å². The minimum atomic E-state index is -4.28. The van der Waals surface area contributed by atoms with E-state index >= 15 is 0 Å². The number of guanidine groups is 1. The predicted molar refractivity (Wildman–Crippen MR) is 173 cm³/mol. The minimum absolute atomic E-state index is 0.144. The van der Waals surface area contributed by atoms with Gasteiger partial charge in [0, 0.05) is 6.42 Å². The zero-order valence-corrected chi connectivity index (χ0v) is 27.4. The van der Waals surface area contributed by atoms with Crippen molar-refractivity contribution in [1.29, 1.82) is 5.41 Å². The van der Waals surface area contributed by atoms with Crippen molar-refractivity contribution in [3.05, 3.63) is 90.5 Å². The molecule has 3 rings (SSSR count). The molecule has 3 amide bonds. The Kier molecular flexibility index (Phi) is 11.4. The van der Waals surface area contributed by atoms with Crippen molar-refractivity contribution >= 4 is 37.5 Å². The third-order valence-corrected chi connectivity index (χ3v) is 7.67. The lowest BCUT2D eigenvalue weighted by Gasteiger charge is -2.29. The highest BCUT2D eigenvalue weighted by Gasteiger charge is 2.41. The lowest BCUT2D eigenvalue weighted by molar-refractivity contribution is 0.0558. The van der Waals surface area contributed by atoms with Crippen LogP contribution in [0.2, 0.25) is 0 Å². The van der Waals surface area contributed by atoms with Crippen molar-refractivity contribution < 1.29 is 42.6 Å². The summed E-state index contributed by atoms with van der Waals surface area (Å²) < 4.78 is 36.7. The molecule has 1 unspecified atom stereocenters. The Labute approximate surface area is 267 Å². The third kappa shape index (κ3) is 11.2. The highest BCUT2D eigenvalue weighted by molar-refractivity contribution is 7.55. The lowest BCUT2D eigenvalue weighted by atomic mass is 10.1. The van der Waals surface area contributed by atoms with Crippen LogP contribution in [0.1, 0.15) is 47.1 Å². The number of benzene rings is 3. The molecule has 0 fully saturated rings. The normalized spacial score (nSPS) is 12.2. The Hall–Kier alpha value is -5.03. The maximum absolute atomic E-state index is 14.4. The Morgan fingerprint density at radius 2 is 1.28 bits per heavy atom. The van der Waals surface area contributed by atoms with Gasteiger partial charge in [-0.15, -0.1) is 0 Å². The standard InChI is InChI=1S/C32H39N4O9P/c1-31(2,3)42-29(39)35-27(33)36(30(40)43-32(4,5)6)23-19-17-22(18-20-23)21-26(34-28(37)38)46(41,44-24-13-9-7-10-14-24)45-25-15-11-8-12-16-25/h7-20,26,34H,21H2,1-6H3,(H,37,38)(H2,33,35,39). The number of nitrogens with one attached hydrogen (secondary N) is 3. The van der Waals surface area contributed by atoms with Crippen molar-refractivity contribution in [1.82, 2.24) is 10.6 Å². The molecule has 4 N–H and O–H groups in total. The Morgan fingerprint density at radius 3 is 1.72 bits per heavy atom. The van der Waals surface area contributed by atoms with Crippen LogP contribution in [0.25, 0.3) is 0 Å². The van der Waals surface area contributed by atoms with Crippen molar-refractivity contribution in [3.63, 3.8) is 0 Å². The van der Waals surface area contributed by atoms with Gasteiger partial charge in [0.1, 0.15) is 22.7 Å². The Morgan fingerprint density at radius 1 is 0.804 bits per heavy atom. The number of rotatable bonds is 9. The number of para-hydroxylation sites is 2. The zero-order valence-electron chi connectivity index (χ0n) is 26.5. The lowest BCUT2D eigenvalue weighted by Crippen LogP contribution is -2.49. The Balaban J connectivity index is 1.95. The summed E-state index contributed by atoms with van der Waals surface area (Å²) in [6, 6.07) is 22.5. The maximum atomic E-state index is 14.4. The summed E-state index contributed by atoms with van der Waals surface area (Å²) >= 11 is 0. The largest absolute Gasteiger partial charge is 0.465 e. The summed E-state index contributed by atoms with van der Waals surface area (Å²) in [4.78, 5) is 38.2. The second-order valence-corrected chi connectivity index (χ2v) is 14.0. The number of hydrogen-bond acceptors (Lipinski definition) is 9. The van der Waals surface area contributed by atoms with E-state index in [9.17, 15) is 24.1 Å². The number of nitrogens with zero attached hydrogens (tertiary/aromatic N) is 1. The number of ether oxygens (including phenoxy) is 2. The van der Waals surface area contributed by atoms with Crippen molar-refractivity contribution in [3.8, 4) is 11.5 Å². The smallest absolute Gasteiger partial charge is 0.453 e. The molecule has 1 atom stereocenters. The fraction of sp³-hybridized carbons (Fsp3) is 0.312. The van der Waals surface area contributed by atoms with Gasteiger partial charge in [-0.3, -0.25) is 10.7 Å². The van der Waals surface area contributed by atoms with Crippen LogP contribution in [0.3, 0.4) is 0 Å². The van der Waals surface area contributed by atoms with E-state index in [1.807, 2.05) is 0 Å². The molecule has 0 aliphatic rings. The van der Waals surface area contributed by atoms with Gasteiger partial charge in [-0.25, -0.2) is 23.8 Å². The van der Waals surface area contributed by atoms with Gasteiger partial charge < -0.3 is 28.9 Å². The van der Waals surface area contributed by atoms with Gasteiger partial charge in [0.2, 0.25) is 5.96 Å². The molecule has 0 aromatic heterocycles. The monoisotopic (exact) mass is 654 g/mol. The van der Waals surface area contributed by atoms with Crippen LogP contribution in [0.5, 0.6) is 11.5 Å². The second-order valence-electron chi connectivity index (χ2n) is 12.0. The summed E-state index contributed by atoms with van der Waals surface area (Å²) in [5.74, 6) is -1.58. The summed E-state index contributed by atoms with van der Waals surface area (Å²) in [5, 5.41) is 22.6. The maximum Gasteiger partial charge on any atom is 0.453 e. The molecular weight excluding hydrogens is 615 g/mol. The van der Waals surface area contributed by atoms with Gasteiger partial charge in [0.15, 0.2) is 5.78 Å². The molecule has 0 radical (unpaired) electrons. The highest BCUT2D eigenvalue weighted by atomic mass is 31.2. The molecule has 0 saturated heterocycles. The third-order valence-electron chi connectivity index (χ3n) is 5.67. The average molecular weight is 655 g/mol. The molecule has 13 nitrogen and oxygen atoms in total. The predicted octanol–water partition coefficient (Wildman–Crippen LogP) is 7.37. The fourth-order valence-corrected chi connectivity index (χ4v) is 5.71. The van der Waals surface area contributed by atoms with E-state index in [0.29, 0.717) is 5.56 Å². The molecular formula is C32H39N4O9P. The molecule has 246 valence electrons. The van der Waals surface area contributed by atoms with Gasteiger partial charge in [0.25, 0.3) is 0 Å². The molecule has 0 spiro atoms. The molecule has 0 saturated carbocycles. The number of hydrogen-bond donors (Lipinski definition) is 4. The van der Waals surface area contributed by atoms with Gasteiger partial charge in [-0.05, 0) is 83.5 Å². The SMILES string of the molecule is CC(C)(C)OC(=O)NC(=N)N(C(=O)OC(C)(C)C)c1ccc(CC(NC(=O)O)P(=O)(Oc2ccccc2)Oc2ccccc2)cc1. The van der Waals surface area contributed by atoms with E-state index < -0.39 is 48.8 Å². The second kappa shape index (κ2) is 14.8. The topological polar surface area (TPSA) is 177 Å². The van der Waals surface area contributed by atoms with Crippen molar-refractivity contribution in [2.24, 2.45) is 0 Å². The number of alkyl carbamates (subject to hydrolysis) is 1. The van der Waals surface area contributed by atoms with E-state index in [1.54, 1.807) is 114 Å². The Bertz CT molecular complexity index is 1510. The quantitative estimate of drug-likeness (QED) is 0.104. The molecule has 46 heavy (non-hydrogen) atoms. The number of carboxylic acid groups (broad SMARTS) is 1. The van der Waals surface area contributed by atoms with E-state index in [2.05, 4.69) is 10.6 Å². The van der Waals surface area contributed by atoms with Gasteiger partial charge in [0.05, 0.1) is 5.69 Å². The number of anilines is 1. The number of amides is 3. The van der Waals surface area contributed by atoms with Gasteiger partial charge in [-0.2, -0.15) is 0 Å². The van der Waals surface area contributed by atoms with Crippen LogP contribution in [-0.2, 0) is 20.5 Å². The van der Waals surface area contributed by atoms with Crippen LogP contribution in [-0.4, -0.2) is 46.3 Å². The van der Waals surface area contributed by atoms with E-state index in [0.717, 1.165) is 4.90 Å². The summed E-state index contributed by atoms with van der Waals surface area (Å²) in [5.41, 5.74) is -1.15. The molecule has 0 bridgehead atoms. The van der Waals surface area contributed by atoms with Crippen LogP contribution < -0.4 is 24.6 Å². The van der Waals surface area contributed by atoms with Gasteiger partial charge >= 0.3 is 25.9 Å². The first-order valence-corrected chi connectivity index (χ1v) is 15.8. The average Bonchev–Trinajstić information content (AvgIpc) is 2.92. The van der Waals surface area contributed by atoms with Gasteiger partial charge in [-0.1, -0.05) is 48.5 Å². The summed E-state index contributed by atoms with van der Waals surface area (Å²) in [6.45, 7) is 9.92. The van der Waals surface area contributed by atoms with E-state index in [1.165, 1.54) is 12.1 Å². The first-order valence-electron chi connectivity index (χ1n) is 14.2. The highest BCUT2D eigenvalue weighted by Crippen LogP contribution is 2.53. The summed E-state index contributed by atoms with van der Waals surface area (Å²) in [6.07, 6.45) is -3.49. The van der Waals surface area contributed by atoms with Crippen LogP contribution in [0.4, 0.5) is 20.1 Å². The zero-order chi connectivity index (χ0) is 34.1. The summed E-state index contributed by atoms with van der Waals surface area (Å²) in [7, 11) is -4.28. The minimum Gasteiger partial charge on any atom is -0.465 e. The van der Waals surface area contributed by atoms with Crippen LogP contribution in [0, 0.1) is 5.41 Å². The number of carbonyl (C=O) groups excluding carboxylic acids is 2.